The number of thiazole rings is 1. The second-order valence-corrected chi connectivity index (χ2v) is 8.67. The third kappa shape index (κ3) is 4.15. The van der Waals surface area contributed by atoms with E-state index in [9.17, 15) is 8.42 Å². The first-order valence-electron chi connectivity index (χ1n) is 7.32. The van der Waals surface area contributed by atoms with Crippen LogP contribution >= 0.6 is 11.3 Å². The predicted molar refractivity (Wildman–Crippen MR) is 91.0 cm³/mol. The molecule has 0 fully saturated rings. The lowest BCUT2D eigenvalue weighted by Gasteiger charge is -2.09. The number of rotatable bonds is 6. The van der Waals surface area contributed by atoms with Crippen molar-refractivity contribution in [2.24, 2.45) is 0 Å². The molecule has 0 atom stereocenters. The van der Waals surface area contributed by atoms with Crippen molar-refractivity contribution in [3.05, 3.63) is 45.4 Å². The summed E-state index contributed by atoms with van der Waals surface area (Å²) in [5.74, 6) is 0.391. The highest BCUT2D eigenvalue weighted by molar-refractivity contribution is 7.89. The number of nitrogens with zero attached hydrogens (tertiary/aromatic N) is 1. The van der Waals surface area contributed by atoms with Gasteiger partial charge in [0, 0.05) is 11.4 Å². The van der Waals surface area contributed by atoms with Gasteiger partial charge in [-0.15, -0.1) is 11.3 Å². The first-order chi connectivity index (χ1) is 10.3. The van der Waals surface area contributed by atoms with Crippen molar-refractivity contribution in [3.8, 4) is 0 Å². The summed E-state index contributed by atoms with van der Waals surface area (Å²) in [6.45, 7) is 8.47. The summed E-state index contributed by atoms with van der Waals surface area (Å²) in [4.78, 5) is 5.80. The van der Waals surface area contributed by atoms with Crippen molar-refractivity contribution in [1.82, 2.24) is 9.71 Å². The molecule has 0 radical (unpaired) electrons. The van der Waals surface area contributed by atoms with Crippen molar-refractivity contribution >= 4 is 21.4 Å². The van der Waals surface area contributed by atoms with Gasteiger partial charge in [-0.25, -0.2) is 18.1 Å². The summed E-state index contributed by atoms with van der Waals surface area (Å²) in [6.07, 6.45) is 0.667. The van der Waals surface area contributed by atoms with E-state index < -0.39 is 10.0 Å². The van der Waals surface area contributed by atoms with Gasteiger partial charge < -0.3 is 0 Å². The zero-order chi connectivity index (χ0) is 16.3. The Kier molecular flexibility index (Phi) is 5.36. The Balaban J connectivity index is 2.00. The fourth-order valence-electron chi connectivity index (χ4n) is 2.22. The number of nitrogens with one attached hydrogen (secondary N) is 1. The smallest absolute Gasteiger partial charge is 0.240 e. The molecule has 6 heteroatoms. The molecular weight excluding hydrogens is 316 g/mol. The summed E-state index contributed by atoms with van der Waals surface area (Å²) in [5.41, 5.74) is 2.12. The zero-order valence-electron chi connectivity index (χ0n) is 13.4. The molecular formula is C16H22N2O2S2. The fraction of sp³-hybridized carbons (Fsp3) is 0.438. The van der Waals surface area contributed by atoms with Crippen LogP contribution in [-0.4, -0.2) is 19.9 Å². The van der Waals surface area contributed by atoms with E-state index >= 15 is 0 Å². The predicted octanol–water partition coefficient (Wildman–Crippen LogP) is 3.40. The highest BCUT2D eigenvalue weighted by Gasteiger charge is 2.14. The third-order valence-corrected chi connectivity index (χ3v) is 6.11. The van der Waals surface area contributed by atoms with E-state index in [1.54, 1.807) is 23.5 Å². The maximum atomic E-state index is 12.3. The van der Waals surface area contributed by atoms with Gasteiger partial charge in [0.05, 0.1) is 15.6 Å². The van der Waals surface area contributed by atoms with Crippen molar-refractivity contribution < 1.29 is 8.42 Å². The standard InChI is InChI=1S/C16H22N2O2S2/c1-11(2)14-5-7-15(8-6-14)22(19,20)17-10-9-16-12(3)18-13(4)21-16/h5-8,11,17H,9-10H2,1-4H3. The van der Waals surface area contributed by atoms with Crippen LogP contribution in [0.2, 0.25) is 0 Å². The minimum atomic E-state index is -3.44. The molecule has 1 heterocycles. The Bertz CT molecular complexity index is 732. The van der Waals surface area contributed by atoms with E-state index in [0.29, 0.717) is 23.8 Å². The summed E-state index contributed by atoms with van der Waals surface area (Å²) in [5, 5.41) is 1.01. The van der Waals surface area contributed by atoms with Gasteiger partial charge >= 0.3 is 0 Å². The molecule has 0 saturated heterocycles. The molecule has 0 unspecified atom stereocenters. The summed E-state index contributed by atoms with van der Waals surface area (Å²) < 4.78 is 27.2. The first-order valence-corrected chi connectivity index (χ1v) is 9.62. The fourth-order valence-corrected chi connectivity index (χ4v) is 4.19. The molecule has 120 valence electrons. The van der Waals surface area contributed by atoms with E-state index in [1.807, 2.05) is 26.0 Å². The number of hydrogen-bond acceptors (Lipinski definition) is 4. The molecule has 0 amide bonds. The zero-order valence-corrected chi connectivity index (χ0v) is 15.0. The molecule has 4 nitrogen and oxygen atoms in total. The van der Waals surface area contributed by atoms with Crippen LogP contribution in [0.4, 0.5) is 0 Å². The van der Waals surface area contributed by atoms with Gasteiger partial charge in [-0.2, -0.15) is 0 Å². The topological polar surface area (TPSA) is 59.1 Å². The maximum absolute atomic E-state index is 12.3. The molecule has 0 aliphatic rings. The van der Waals surface area contributed by atoms with Crippen molar-refractivity contribution in [2.45, 2.75) is 44.9 Å². The first kappa shape index (κ1) is 17.1. The molecule has 0 aliphatic carbocycles. The largest absolute Gasteiger partial charge is 0.247 e. The minimum Gasteiger partial charge on any atom is -0.247 e. The Labute approximate surface area is 136 Å². The molecule has 0 spiro atoms. The van der Waals surface area contributed by atoms with Crippen LogP contribution < -0.4 is 4.72 Å². The van der Waals surface area contributed by atoms with Gasteiger partial charge in [-0.05, 0) is 43.9 Å². The SMILES string of the molecule is Cc1nc(C)c(CCNS(=O)(=O)c2ccc(C(C)C)cc2)s1. The average molecular weight is 338 g/mol. The molecule has 0 bridgehead atoms. The Morgan fingerprint density at radius 3 is 2.32 bits per heavy atom. The van der Waals surface area contributed by atoms with E-state index in [0.717, 1.165) is 21.1 Å². The summed E-state index contributed by atoms with van der Waals surface area (Å²) >= 11 is 1.62. The lowest BCUT2D eigenvalue weighted by molar-refractivity contribution is 0.581. The molecule has 2 aromatic rings. The quantitative estimate of drug-likeness (QED) is 0.878. The van der Waals surface area contributed by atoms with Crippen LogP contribution in [0.1, 0.15) is 40.9 Å². The molecule has 0 saturated carbocycles. The number of benzene rings is 1. The average Bonchev–Trinajstić information content (AvgIpc) is 2.77. The second kappa shape index (κ2) is 6.89. The highest BCUT2D eigenvalue weighted by atomic mass is 32.2. The minimum absolute atomic E-state index is 0.314. The maximum Gasteiger partial charge on any atom is 0.240 e. The molecule has 0 aliphatic heterocycles. The van der Waals surface area contributed by atoms with Gasteiger partial charge in [0.1, 0.15) is 0 Å². The van der Waals surface area contributed by atoms with Gasteiger partial charge in [-0.3, -0.25) is 0 Å². The molecule has 22 heavy (non-hydrogen) atoms. The number of aromatic nitrogens is 1. The van der Waals surface area contributed by atoms with Crippen molar-refractivity contribution in [2.75, 3.05) is 6.54 Å². The molecule has 1 aromatic carbocycles. The van der Waals surface area contributed by atoms with Crippen LogP contribution in [0.15, 0.2) is 29.2 Å². The van der Waals surface area contributed by atoms with E-state index in [4.69, 9.17) is 0 Å². The van der Waals surface area contributed by atoms with Crippen molar-refractivity contribution in [1.29, 1.82) is 0 Å². The summed E-state index contributed by atoms with van der Waals surface area (Å²) in [6, 6.07) is 7.07. The van der Waals surface area contributed by atoms with Gasteiger partial charge in [-0.1, -0.05) is 26.0 Å². The second-order valence-electron chi connectivity index (χ2n) is 5.61. The Morgan fingerprint density at radius 1 is 1.18 bits per heavy atom. The molecule has 1 N–H and O–H groups in total. The van der Waals surface area contributed by atoms with Crippen LogP contribution in [0.25, 0.3) is 0 Å². The van der Waals surface area contributed by atoms with Gasteiger partial charge in [0.2, 0.25) is 10.0 Å². The van der Waals surface area contributed by atoms with Crippen LogP contribution in [0.5, 0.6) is 0 Å². The van der Waals surface area contributed by atoms with E-state index in [2.05, 4.69) is 23.6 Å². The molecule has 1 aromatic heterocycles. The van der Waals surface area contributed by atoms with E-state index in [1.165, 1.54) is 0 Å². The number of hydrogen-bond donors (Lipinski definition) is 1. The summed E-state index contributed by atoms with van der Waals surface area (Å²) in [7, 11) is -3.44. The number of aryl methyl sites for hydroxylation is 2. The lowest BCUT2D eigenvalue weighted by atomic mass is 10.0. The van der Waals surface area contributed by atoms with Crippen LogP contribution in [-0.2, 0) is 16.4 Å². The van der Waals surface area contributed by atoms with Crippen molar-refractivity contribution in [3.63, 3.8) is 0 Å². The lowest BCUT2D eigenvalue weighted by Crippen LogP contribution is -2.26. The van der Waals surface area contributed by atoms with Crippen LogP contribution in [0, 0.1) is 13.8 Å². The highest BCUT2D eigenvalue weighted by Crippen LogP contribution is 2.19. The Hall–Kier alpha value is -1.24. The van der Waals surface area contributed by atoms with Gasteiger partial charge in [0.25, 0.3) is 0 Å². The third-order valence-electron chi connectivity index (χ3n) is 3.50. The Morgan fingerprint density at radius 2 is 1.82 bits per heavy atom. The normalized spacial score (nSPS) is 12.0. The van der Waals surface area contributed by atoms with E-state index in [-0.39, 0.29) is 0 Å². The van der Waals surface area contributed by atoms with Gasteiger partial charge in [0.15, 0.2) is 0 Å². The number of sulfonamides is 1. The molecule has 2 rings (SSSR count). The van der Waals surface area contributed by atoms with Crippen LogP contribution in [0.3, 0.4) is 0 Å². The monoisotopic (exact) mass is 338 g/mol.